The highest BCUT2D eigenvalue weighted by molar-refractivity contribution is 6.76. The highest BCUT2D eigenvalue weighted by Crippen LogP contribution is 2.24. The molecule has 2 N–H and O–H groups in total. The number of amides is 1. The molecule has 6 heteroatoms. The van der Waals surface area contributed by atoms with Crippen LogP contribution in [0.5, 0.6) is 0 Å². The molecule has 0 saturated carbocycles. The van der Waals surface area contributed by atoms with Crippen molar-refractivity contribution in [3.63, 3.8) is 0 Å². The van der Waals surface area contributed by atoms with Crippen LogP contribution in [0.2, 0.25) is 25.7 Å². The quantitative estimate of drug-likeness (QED) is 0.777. The Hall–Kier alpha value is -0.593. The molecule has 1 heterocycles. The van der Waals surface area contributed by atoms with Crippen molar-refractivity contribution in [3.05, 3.63) is 0 Å². The Morgan fingerprint density at radius 3 is 2.63 bits per heavy atom. The maximum Gasteiger partial charge on any atom is 0.407 e. The van der Waals surface area contributed by atoms with E-state index in [4.69, 9.17) is 9.47 Å². The van der Waals surface area contributed by atoms with Crippen LogP contribution in [0.3, 0.4) is 0 Å². The first kappa shape index (κ1) is 16.5. The molecule has 0 bridgehead atoms. The number of alkyl carbamates (subject to hydrolysis) is 1. The van der Waals surface area contributed by atoms with Crippen molar-refractivity contribution >= 4 is 14.2 Å². The van der Waals surface area contributed by atoms with Gasteiger partial charge in [-0.25, -0.2) is 4.79 Å². The molecule has 0 aliphatic carbocycles. The number of hydrogen-bond acceptors (Lipinski definition) is 4. The summed E-state index contributed by atoms with van der Waals surface area (Å²) in [5, 5.41) is 12.6. The molecule has 0 aromatic rings. The van der Waals surface area contributed by atoms with Gasteiger partial charge in [-0.3, -0.25) is 0 Å². The first-order valence-electron chi connectivity index (χ1n) is 6.84. The predicted molar refractivity (Wildman–Crippen MR) is 77.1 cm³/mol. The smallest absolute Gasteiger partial charge is 0.407 e. The highest BCUT2D eigenvalue weighted by Gasteiger charge is 2.35. The third-order valence-electron chi connectivity index (χ3n) is 3.21. The molecular weight excluding hydrogens is 262 g/mol. The zero-order chi connectivity index (χ0) is 14.7. The largest absolute Gasteiger partial charge is 0.450 e. The molecule has 0 aromatic heterocycles. The third kappa shape index (κ3) is 6.40. The van der Waals surface area contributed by atoms with E-state index in [1.54, 1.807) is 0 Å². The van der Waals surface area contributed by atoms with E-state index in [1.165, 1.54) is 0 Å². The van der Waals surface area contributed by atoms with E-state index < -0.39 is 20.3 Å². The molecule has 1 fully saturated rings. The van der Waals surface area contributed by atoms with Gasteiger partial charge in [-0.05, 0) is 19.9 Å². The number of carbonyl (C=O) groups excluding carboxylic acids is 1. The van der Waals surface area contributed by atoms with E-state index in [1.807, 2.05) is 13.8 Å². The number of nitrogens with one attached hydrogen (secondary N) is 1. The standard InChI is InChI=1S/C13H27NO4Si/c1-13(2)8-11(15)10(9-18-13)14-12(16)17-6-7-19(3,4)5/h10-11,15H,6-9H2,1-5H3,(H,14,16)/t10-,11-/m1/s1. The Morgan fingerprint density at radius 2 is 2.11 bits per heavy atom. The molecule has 1 aliphatic heterocycles. The molecule has 1 rings (SSSR count). The van der Waals surface area contributed by atoms with Gasteiger partial charge in [-0.2, -0.15) is 0 Å². The number of ether oxygens (including phenoxy) is 2. The summed E-state index contributed by atoms with van der Waals surface area (Å²) in [6.07, 6.45) is -0.550. The van der Waals surface area contributed by atoms with Gasteiger partial charge in [0.1, 0.15) is 0 Å². The van der Waals surface area contributed by atoms with E-state index in [9.17, 15) is 9.90 Å². The zero-order valence-corrected chi connectivity index (χ0v) is 13.7. The molecule has 112 valence electrons. The number of aliphatic hydroxyl groups excluding tert-OH is 1. The summed E-state index contributed by atoms with van der Waals surface area (Å²) in [7, 11) is -1.19. The van der Waals surface area contributed by atoms with Gasteiger partial charge >= 0.3 is 6.09 Å². The van der Waals surface area contributed by atoms with E-state index in [2.05, 4.69) is 25.0 Å². The molecule has 1 aliphatic rings. The Labute approximate surface area is 116 Å². The lowest BCUT2D eigenvalue weighted by molar-refractivity contribution is -0.113. The lowest BCUT2D eigenvalue weighted by Gasteiger charge is -2.38. The minimum Gasteiger partial charge on any atom is -0.450 e. The van der Waals surface area contributed by atoms with Crippen molar-refractivity contribution < 1.29 is 19.4 Å². The lowest BCUT2D eigenvalue weighted by atomic mass is 9.93. The highest BCUT2D eigenvalue weighted by atomic mass is 28.3. The third-order valence-corrected chi connectivity index (χ3v) is 4.91. The number of hydrogen-bond donors (Lipinski definition) is 2. The van der Waals surface area contributed by atoms with E-state index in [0.29, 0.717) is 19.6 Å². The van der Waals surface area contributed by atoms with Crippen LogP contribution >= 0.6 is 0 Å². The second kappa shape index (κ2) is 6.24. The van der Waals surface area contributed by atoms with Crippen LogP contribution in [-0.2, 0) is 9.47 Å². The zero-order valence-electron chi connectivity index (χ0n) is 12.7. The topological polar surface area (TPSA) is 67.8 Å². The fraction of sp³-hybridized carbons (Fsp3) is 0.923. The monoisotopic (exact) mass is 289 g/mol. The van der Waals surface area contributed by atoms with E-state index in [0.717, 1.165) is 6.04 Å². The van der Waals surface area contributed by atoms with Crippen molar-refractivity contribution in [1.29, 1.82) is 0 Å². The molecule has 0 spiro atoms. The van der Waals surface area contributed by atoms with Gasteiger partial charge in [-0.1, -0.05) is 19.6 Å². The minimum absolute atomic E-state index is 0.317. The molecule has 1 amide bonds. The Bertz CT molecular complexity index is 314. The fourth-order valence-electron chi connectivity index (χ4n) is 1.91. The van der Waals surface area contributed by atoms with Crippen molar-refractivity contribution in [3.8, 4) is 0 Å². The maximum atomic E-state index is 11.6. The van der Waals surface area contributed by atoms with Crippen molar-refractivity contribution in [1.82, 2.24) is 5.32 Å². The Balaban J connectivity index is 2.29. The normalized spacial score (nSPS) is 26.8. The Kier molecular flexibility index (Phi) is 5.40. The van der Waals surface area contributed by atoms with Crippen molar-refractivity contribution in [2.24, 2.45) is 0 Å². The predicted octanol–water partition coefficient (Wildman–Crippen LogP) is 1.98. The molecule has 5 nitrogen and oxygen atoms in total. The first-order valence-corrected chi connectivity index (χ1v) is 10.6. The summed E-state index contributed by atoms with van der Waals surface area (Å²) >= 11 is 0. The van der Waals surface area contributed by atoms with Gasteiger partial charge in [0.2, 0.25) is 0 Å². The summed E-state index contributed by atoms with van der Waals surface area (Å²) in [5.74, 6) is 0. The van der Waals surface area contributed by atoms with Gasteiger partial charge in [0.05, 0.1) is 31.0 Å². The van der Waals surface area contributed by atoms with Gasteiger partial charge < -0.3 is 19.9 Å². The molecule has 0 unspecified atom stereocenters. The molecule has 0 aromatic carbocycles. The molecule has 1 saturated heterocycles. The number of carbonyl (C=O) groups is 1. The molecule has 0 radical (unpaired) electrons. The van der Waals surface area contributed by atoms with Gasteiger partial charge in [0, 0.05) is 14.5 Å². The summed E-state index contributed by atoms with van der Waals surface area (Å²) in [5.41, 5.74) is -0.334. The second-order valence-corrected chi connectivity index (χ2v) is 12.7. The SMILES string of the molecule is CC1(C)C[C@@H](O)[C@H](NC(=O)OCC[Si](C)(C)C)CO1. The van der Waals surface area contributed by atoms with Crippen LogP contribution < -0.4 is 5.32 Å². The van der Waals surface area contributed by atoms with Crippen LogP contribution in [0.1, 0.15) is 20.3 Å². The van der Waals surface area contributed by atoms with Crippen molar-refractivity contribution in [2.75, 3.05) is 13.2 Å². The van der Waals surface area contributed by atoms with Crippen molar-refractivity contribution in [2.45, 2.75) is 63.7 Å². The van der Waals surface area contributed by atoms with Crippen LogP contribution in [0, 0.1) is 0 Å². The molecule has 19 heavy (non-hydrogen) atoms. The van der Waals surface area contributed by atoms with Crippen LogP contribution in [0.25, 0.3) is 0 Å². The average Bonchev–Trinajstić information content (AvgIpc) is 2.19. The Morgan fingerprint density at radius 1 is 1.47 bits per heavy atom. The molecular formula is C13H27NO4Si. The molecule has 2 atom stereocenters. The van der Waals surface area contributed by atoms with Gasteiger partial charge in [0.25, 0.3) is 0 Å². The van der Waals surface area contributed by atoms with Gasteiger partial charge in [0.15, 0.2) is 0 Å². The first-order chi connectivity index (χ1) is 8.59. The number of rotatable bonds is 4. The fourth-order valence-corrected chi connectivity index (χ4v) is 2.63. The summed E-state index contributed by atoms with van der Waals surface area (Å²) in [6, 6.07) is 0.560. The number of aliphatic hydroxyl groups is 1. The van der Waals surface area contributed by atoms with E-state index in [-0.39, 0.29) is 11.6 Å². The average molecular weight is 289 g/mol. The van der Waals surface area contributed by atoms with Crippen LogP contribution in [0.15, 0.2) is 0 Å². The van der Waals surface area contributed by atoms with Crippen LogP contribution in [-0.4, -0.2) is 50.2 Å². The van der Waals surface area contributed by atoms with Crippen LogP contribution in [0.4, 0.5) is 4.79 Å². The van der Waals surface area contributed by atoms with E-state index >= 15 is 0 Å². The summed E-state index contributed by atoms with van der Waals surface area (Å²) < 4.78 is 10.7. The van der Waals surface area contributed by atoms with Gasteiger partial charge in [-0.15, -0.1) is 0 Å². The maximum absolute atomic E-state index is 11.6. The minimum atomic E-state index is -1.19. The second-order valence-electron chi connectivity index (χ2n) is 7.04. The summed E-state index contributed by atoms with van der Waals surface area (Å²) in [6.45, 7) is 11.3. The lowest BCUT2D eigenvalue weighted by Crippen LogP contribution is -2.54. The summed E-state index contributed by atoms with van der Waals surface area (Å²) in [4.78, 5) is 11.6.